The summed E-state index contributed by atoms with van der Waals surface area (Å²) in [6, 6.07) is 4.64. The van der Waals surface area contributed by atoms with Crippen LogP contribution < -0.4 is 9.47 Å². The largest absolute Gasteiger partial charge is 0.490 e. The van der Waals surface area contributed by atoms with Gasteiger partial charge in [-0.15, -0.1) is 10.2 Å². The zero-order valence-electron chi connectivity index (χ0n) is 14.6. The molecule has 0 amide bonds. The zero-order valence-corrected chi connectivity index (χ0v) is 15.4. The van der Waals surface area contributed by atoms with E-state index in [1.165, 1.54) is 12.1 Å². The number of hydrogen-bond acceptors (Lipinski definition) is 7. The lowest BCUT2D eigenvalue weighted by atomic mass is 10.1. The van der Waals surface area contributed by atoms with Crippen molar-refractivity contribution in [2.45, 2.75) is 43.8 Å². The van der Waals surface area contributed by atoms with E-state index in [9.17, 15) is 8.42 Å². The van der Waals surface area contributed by atoms with E-state index in [2.05, 4.69) is 10.2 Å². The van der Waals surface area contributed by atoms with E-state index < -0.39 is 15.1 Å². The third-order valence-electron chi connectivity index (χ3n) is 3.93. The van der Waals surface area contributed by atoms with Crippen LogP contribution >= 0.6 is 0 Å². The van der Waals surface area contributed by atoms with Gasteiger partial charge in [0.25, 0.3) is 0 Å². The number of sulfone groups is 1. The summed E-state index contributed by atoms with van der Waals surface area (Å²) in [4.78, 5) is 0.146. The Kier molecular flexibility index (Phi) is 4.99. The van der Waals surface area contributed by atoms with Crippen molar-refractivity contribution >= 4 is 9.84 Å². The summed E-state index contributed by atoms with van der Waals surface area (Å²) in [6.45, 7) is 6.65. The first-order valence-electron chi connectivity index (χ1n) is 8.33. The van der Waals surface area contributed by atoms with E-state index >= 15 is 0 Å². The van der Waals surface area contributed by atoms with E-state index in [0.717, 1.165) is 6.42 Å². The molecule has 1 aliphatic heterocycles. The van der Waals surface area contributed by atoms with Crippen LogP contribution in [0.1, 0.15) is 44.2 Å². The lowest BCUT2D eigenvalue weighted by Gasteiger charge is -2.12. The Bertz CT molecular complexity index is 844. The van der Waals surface area contributed by atoms with Gasteiger partial charge < -0.3 is 13.9 Å². The number of ether oxygens (including phenoxy) is 2. The van der Waals surface area contributed by atoms with E-state index in [4.69, 9.17) is 13.9 Å². The van der Waals surface area contributed by atoms with Crippen LogP contribution in [0.4, 0.5) is 0 Å². The van der Waals surface area contributed by atoms with Crippen molar-refractivity contribution in [3.05, 3.63) is 30.0 Å². The molecule has 0 aliphatic carbocycles. The Labute approximate surface area is 147 Å². The molecule has 136 valence electrons. The molecular weight excluding hydrogens is 344 g/mol. The third kappa shape index (κ3) is 3.78. The molecule has 8 heteroatoms. The molecule has 1 aromatic heterocycles. The molecule has 1 aromatic carbocycles. The first kappa shape index (κ1) is 17.7. The predicted octanol–water partition coefficient (Wildman–Crippen LogP) is 2.96. The Morgan fingerprint density at radius 2 is 1.80 bits per heavy atom. The number of fused-ring (bicyclic) bond motifs is 1. The summed E-state index contributed by atoms with van der Waals surface area (Å²) in [5.74, 6) is 1.90. The molecule has 3 rings (SSSR count). The second kappa shape index (κ2) is 7.03. The maximum absolute atomic E-state index is 12.9. The summed E-state index contributed by atoms with van der Waals surface area (Å²) in [5.41, 5.74) is 0. The van der Waals surface area contributed by atoms with Crippen molar-refractivity contribution < 1.29 is 22.3 Å². The Morgan fingerprint density at radius 3 is 2.52 bits per heavy atom. The minimum atomic E-state index is -3.68. The fourth-order valence-corrected chi connectivity index (χ4v) is 3.82. The predicted molar refractivity (Wildman–Crippen MR) is 90.5 cm³/mol. The lowest BCUT2D eigenvalue weighted by molar-refractivity contribution is 0.297. The molecule has 0 saturated carbocycles. The highest BCUT2D eigenvalue weighted by Crippen LogP contribution is 2.35. The average Bonchev–Trinajstić information content (AvgIpc) is 2.88. The molecule has 25 heavy (non-hydrogen) atoms. The van der Waals surface area contributed by atoms with Gasteiger partial charge in [-0.1, -0.05) is 13.8 Å². The summed E-state index contributed by atoms with van der Waals surface area (Å²) < 4.78 is 42.5. The zero-order chi connectivity index (χ0) is 18.0. The molecule has 2 heterocycles. The van der Waals surface area contributed by atoms with Gasteiger partial charge in [-0.3, -0.25) is 0 Å². The van der Waals surface area contributed by atoms with Crippen molar-refractivity contribution in [2.24, 2.45) is 5.92 Å². The van der Waals surface area contributed by atoms with Crippen LogP contribution in [0.25, 0.3) is 0 Å². The van der Waals surface area contributed by atoms with Gasteiger partial charge in [-0.25, -0.2) is 8.42 Å². The molecule has 7 nitrogen and oxygen atoms in total. The van der Waals surface area contributed by atoms with Gasteiger partial charge in [0, 0.05) is 18.9 Å². The fourth-order valence-electron chi connectivity index (χ4n) is 2.52. The Morgan fingerprint density at radius 1 is 1.08 bits per heavy atom. The lowest BCUT2D eigenvalue weighted by Crippen LogP contribution is -2.11. The smallest absolute Gasteiger partial charge is 0.234 e. The average molecular weight is 366 g/mol. The number of rotatable bonds is 5. The molecule has 1 atom stereocenters. The number of benzene rings is 1. The number of aromatic nitrogens is 2. The van der Waals surface area contributed by atoms with Gasteiger partial charge in [-0.05, 0) is 25.0 Å². The second-order valence-electron chi connectivity index (χ2n) is 6.48. The molecule has 0 unspecified atom stereocenters. The van der Waals surface area contributed by atoms with Crippen LogP contribution in [-0.4, -0.2) is 31.8 Å². The monoisotopic (exact) mass is 366 g/mol. The maximum Gasteiger partial charge on any atom is 0.234 e. The van der Waals surface area contributed by atoms with Gasteiger partial charge in [0.1, 0.15) is 5.25 Å². The van der Waals surface area contributed by atoms with Crippen molar-refractivity contribution in [1.82, 2.24) is 10.2 Å². The second-order valence-corrected chi connectivity index (χ2v) is 8.75. The Balaban J connectivity index is 1.88. The van der Waals surface area contributed by atoms with Gasteiger partial charge in [0.2, 0.25) is 11.8 Å². The van der Waals surface area contributed by atoms with Crippen LogP contribution in [0.2, 0.25) is 0 Å². The number of hydrogen-bond donors (Lipinski definition) is 0. The molecule has 0 spiro atoms. The minimum Gasteiger partial charge on any atom is -0.490 e. The highest BCUT2D eigenvalue weighted by Gasteiger charge is 2.31. The molecule has 2 aromatic rings. The summed E-state index contributed by atoms with van der Waals surface area (Å²) in [5, 5.41) is 6.91. The van der Waals surface area contributed by atoms with Crippen LogP contribution in [-0.2, 0) is 16.3 Å². The minimum absolute atomic E-state index is 0.0998. The highest BCUT2D eigenvalue weighted by molar-refractivity contribution is 7.91. The van der Waals surface area contributed by atoms with Gasteiger partial charge in [0.15, 0.2) is 21.3 Å². The van der Waals surface area contributed by atoms with Crippen LogP contribution in [0.15, 0.2) is 27.5 Å². The Hall–Kier alpha value is -2.09. The van der Waals surface area contributed by atoms with Crippen LogP contribution in [0.5, 0.6) is 11.5 Å². The molecule has 0 fully saturated rings. The molecular formula is C17H22N2O5S. The van der Waals surface area contributed by atoms with Crippen molar-refractivity contribution in [3.8, 4) is 11.5 Å². The van der Waals surface area contributed by atoms with Gasteiger partial charge in [-0.2, -0.15) is 0 Å². The van der Waals surface area contributed by atoms with E-state index in [1.54, 1.807) is 13.0 Å². The van der Waals surface area contributed by atoms with E-state index in [0.29, 0.717) is 42.9 Å². The fraction of sp³-hybridized carbons (Fsp3) is 0.529. The summed E-state index contributed by atoms with van der Waals surface area (Å²) in [7, 11) is -3.68. The molecule has 0 saturated heterocycles. The van der Waals surface area contributed by atoms with E-state index in [1.807, 2.05) is 13.8 Å². The normalized spacial score (nSPS) is 15.8. The van der Waals surface area contributed by atoms with E-state index in [-0.39, 0.29) is 10.8 Å². The van der Waals surface area contributed by atoms with Crippen LogP contribution in [0, 0.1) is 5.92 Å². The molecule has 0 N–H and O–H groups in total. The first-order chi connectivity index (χ1) is 11.9. The van der Waals surface area contributed by atoms with Crippen molar-refractivity contribution in [1.29, 1.82) is 0 Å². The van der Waals surface area contributed by atoms with Crippen LogP contribution in [0.3, 0.4) is 0 Å². The molecule has 1 aliphatic rings. The summed E-state index contributed by atoms with van der Waals surface area (Å²) >= 11 is 0. The van der Waals surface area contributed by atoms with Gasteiger partial charge in [0.05, 0.1) is 18.1 Å². The quantitative estimate of drug-likeness (QED) is 0.803. The third-order valence-corrected chi connectivity index (χ3v) is 5.97. The first-order valence-corrected chi connectivity index (χ1v) is 9.88. The standard InChI is InChI=1S/C17H22N2O5S/c1-11(2)9-16-18-19-17(24-16)12(3)25(20,21)13-5-6-14-15(10-13)23-8-4-7-22-14/h5-6,10-12H,4,7-9H2,1-3H3/t12-/m0/s1. The maximum atomic E-state index is 12.9. The molecule has 0 radical (unpaired) electrons. The molecule has 0 bridgehead atoms. The van der Waals surface area contributed by atoms with Crippen molar-refractivity contribution in [3.63, 3.8) is 0 Å². The van der Waals surface area contributed by atoms with Crippen molar-refractivity contribution in [2.75, 3.05) is 13.2 Å². The highest BCUT2D eigenvalue weighted by atomic mass is 32.2. The topological polar surface area (TPSA) is 91.5 Å². The number of nitrogens with zero attached hydrogens (tertiary/aromatic N) is 2. The summed E-state index contributed by atoms with van der Waals surface area (Å²) in [6.07, 6.45) is 1.37. The van der Waals surface area contributed by atoms with Gasteiger partial charge >= 0.3 is 0 Å². The SMILES string of the molecule is CC(C)Cc1nnc([C@H](C)S(=O)(=O)c2ccc3c(c2)OCCCO3)o1.